The zero-order valence-corrected chi connectivity index (χ0v) is 14.9. The molecule has 0 spiro atoms. The third-order valence-electron chi connectivity index (χ3n) is 6.63. The number of allylic oxidation sites excluding steroid dienone is 1. The quantitative estimate of drug-likeness (QED) is 0.491. The van der Waals surface area contributed by atoms with E-state index in [2.05, 4.69) is 25.7 Å². The molecular formula is C17H26LrNO-. The molecule has 1 saturated carbocycles. The molecule has 0 bridgehead atoms. The van der Waals surface area contributed by atoms with Crippen LogP contribution in [0.15, 0.2) is 11.3 Å². The number of aliphatic hydroxyl groups is 1. The van der Waals surface area contributed by atoms with Gasteiger partial charge in [0.05, 0.1) is 5.76 Å². The monoisotopic (exact) mass is 522 g/mol. The van der Waals surface area contributed by atoms with Gasteiger partial charge in [0.15, 0.2) is 0 Å². The minimum atomic E-state index is 0. The molecule has 2 aliphatic carbocycles. The van der Waals surface area contributed by atoms with Crippen molar-refractivity contribution in [2.24, 2.45) is 17.3 Å². The number of aliphatic hydroxyl groups excluding tert-OH is 1. The van der Waals surface area contributed by atoms with Gasteiger partial charge in [0.2, 0.25) is 0 Å². The smallest absolute Gasteiger partial charge is 0.0947 e. The van der Waals surface area contributed by atoms with Gasteiger partial charge >= 0.3 is 0 Å². The summed E-state index contributed by atoms with van der Waals surface area (Å²) in [6.07, 6.45) is 6.21. The molecule has 3 atom stereocenters. The van der Waals surface area contributed by atoms with E-state index in [-0.39, 0.29) is 11.0 Å². The van der Waals surface area contributed by atoms with Crippen molar-refractivity contribution in [2.75, 3.05) is 13.1 Å². The Labute approximate surface area is 116 Å². The van der Waals surface area contributed by atoms with Crippen molar-refractivity contribution >= 4 is 0 Å². The van der Waals surface area contributed by atoms with Crippen LogP contribution in [-0.2, 0) is 0 Å². The maximum Gasteiger partial charge on any atom is 0.0947 e. The molecule has 2 nitrogen and oxygen atoms in total. The van der Waals surface area contributed by atoms with Gasteiger partial charge in [0, 0.05) is 5.41 Å². The Balaban J connectivity index is 0.00000121. The molecular weight excluding hydrogens is 496 g/mol. The fraction of sp³-hybridized carbons (Fsp3) is 0.824. The van der Waals surface area contributed by atoms with Gasteiger partial charge in [-0.25, -0.2) is 0 Å². The zero-order chi connectivity index (χ0) is 13.4. The summed E-state index contributed by atoms with van der Waals surface area (Å²) >= 11 is 0. The van der Waals surface area contributed by atoms with Crippen LogP contribution in [0.2, 0.25) is 0 Å². The summed E-state index contributed by atoms with van der Waals surface area (Å²) in [6, 6.07) is 0. The van der Waals surface area contributed by atoms with Gasteiger partial charge in [-0.2, -0.15) is 6.42 Å². The largest absolute Gasteiger partial charge is 0.512 e. The predicted octanol–water partition coefficient (Wildman–Crippen LogP) is 3.70. The second kappa shape index (κ2) is 3.78. The molecule has 3 unspecified atom stereocenters. The van der Waals surface area contributed by atoms with E-state index < -0.39 is 0 Å². The van der Waals surface area contributed by atoms with Crippen LogP contribution in [0.1, 0.15) is 52.9 Å². The van der Waals surface area contributed by atoms with Gasteiger partial charge in [-0.3, -0.25) is 5.92 Å². The van der Waals surface area contributed by atoms with Crippen LogP contribution in [0.25, 0.3) is 0 Å². The fourth-order valence-corrected chi connectivity index (χ4v) is 5.78. The second-order valence-electron chi connectivity index (χ2n) is 8.01. The van der Waals surface area contributed by atoms with Crippen LogP contribution < -0.4 is 0 Å². The van der Waals surface area contributed by atoms with E-state index in [4.69, 9.17) is 0 Å². The minimum absolute atomic E-state index is 0. The summed E-state index contributed by atoms with van der Waals surface area (Å²) in [5.74, 6) is 3.84. The fourth-order valence-electron chi connectivity index (χ4n) is 5.78. The van der Waals surface area contributed by atoms with Crippen molar-refractivity contribution in [3.05, 3.63) is 17.3 Å². The van der Waals surface area contributed by atoms with Gasteiger partial charge < -0.3 is 10.0 Å². The molecule has 3 fully saturated rings. The Hall–Kier alpha value is -1.50. The molecule has 0 aromatic carbocycles. The summed E-state index contributed by atoms with van der Waals surface area (Å²) in [6.45, 7) is 9.45. The van der Waals surface area contributed by atoms with Gasteiger partial charge in [0.25, 0.3) is 0 Å². The Kier molecular flexibility index (Phi) is 2.55. The average molecular weight is 522 g/mol. The molecule has 0 aromatic heterocycles. The maximum absolute atomic E-state index is 10.7. The van der Waals surface area contributed by atoms with Gasteiger partial charge in [-0.05, 0) is 44.2 Å². The van der Waals surface area contributed by atoms with Crippen molar-refractivity contribution < 1.29 is 5.11 Å². The normalized spacial score (nSPS) is 43.1. The maximum atomic E-state index is 10.7. The van der Waals surface area contributed by atoms with Crippen LogP contribution in [-0.4, -0.2) is 28.6 Å². The van der Waals surface area contributed by atoms with E-state index in [9.17, 15) is 5.11 Å². The van der Waals surface area contributed by atoms with E-state index in [1.54, 1.807) is 5.92 Å². The van der Waals surface area contributed by atoms with E-state index in [0.717, 1.165) is 18.1 Å². The van der Waals surface area contributed by atoms with Gasteiger partial charge in [-0.15, -0.1) is 6.42 Å². The van der Waals surface area contributed by atoms with Crippen molar-refractivity contribution in [1.82, 2.24) is 4.90 Å². The molecule has 20 heavy (non-hydrogen) atoms. The molecule has 121 valence electrons. The first-order chi connectivity index (χ1) is 8.94. The molecule has 1 N–H and O–H groups in total. The summed E-state index contributed by atoms with van der Waals surface area (Å²) < 4.78 is 0. The van der Waals surface area contributed by atoms with E-state index in [0.29, 0.717) is 5.92 Å². The van der Waals surface area contributed by atoms with E-state index in [1.165, 1.54) is 44.3 Å². The summed E-state index contributed by atoms with van der Waals surface area (Å²) in [5, 5.41) is 10.7. The summed E-state index contributed by atoms with van der Waals surface area (Å²) in [7, 11) is 0. The van der Waals surface area contributed by atoms with Crippen LogP contribution in [0.4, 0.5) is 0 Å². The van der Waals surface area contributed by atoms with Crippen LogP contribution in [0.5, 0.6) is 0 Å². The molecule has 1 radical (unpaired) electrons. The molecule has 0 aromatic rings. The Morgan fingerprint density at radius 3 is 2.75 bits per heavy atom. The number of nitrogens with zero attached hydrogens (tertiary/aromatic N) is 1. The third-order valence-corrected chi connectivity index (χ3v) is 6.63. The molecule has 3 heteroatoms. The Morgan fingerprint density at radius 1 is 1.25 bits per heavy atom. The molecule has 0 amide bonds. The molecule has 4 rings (SSSR count). The number of hydrogen-bond acceptors (Lipinski definition) is 2. The Morgan fingerprint density at radius 2 is 2.00 bits per heavy atom. The third kappa shape index (κ3) is 1.33. The van der Waals surface area contributed by atoms with Crippen LogP contribution >= 0.6 is 0 Å². The van der Waals surface area contributed by atoms with Gasteiger partial charge in [-0.1, -0.05) is 31.9 Å². The number of hydrogen-bond donors (Lipinski definition) is 1. The van der Waals surface area contributed by atoms with Gasteiger partial charge in [0.1, 0.15) is 0 Å². The van der Waals surface area contributed by atoms with Crippen molar-refractivity contribution in [3.8, 4) is 0 Å². The van der Waals surface area contributed by atoms with Crippen LogP contribution in [0.3, 0.4) is 0 Å². The molecule has 4 aliphatic rings. The van der Waals surface area contributed by atoms with Crippen molar-refractivity contribution in [3.63, 3.8) is 0 Å². The van der Waals surface area contributed by atoms with Crippen molar-refractivity contribution in [1.29, 1.82) is 0 Å². The topological polar surface area (TPSA) is 23.5 Å². The SMILES string of the molecule is CC1(C)CC2CCCN3CC[C-]4CC(=C1O)C2C43C.[Lr]. The summed E-state index contributed by atoms with van der Waals surface area (Å²) in [5.41, 5.74) is 1.69. The minimum Gasteiger partial charge on any atom is -0.512 e. The number of rotatable bonds is 0. The van der Waals surface area contributed by atoms with E-state index >= 15 is 0 Å². The molecule has 2 saturated heterocycles. The standard InChI is InChI=1S/C17H26NO.Lr/c1-16(2)10-11-5-4-7-18-8-6-12-9-13(15(16)19)14(11)17(12,18)3;/h11,14,19H,4-10H2,1-3H3;/q-1;. The van der Waals surface area contributed by atoms with Crippen LogP contribution in [0, 0.1) is 23.2 Å². The predicted molar refractivity (Wildman–Crippen MR) is 76.7 cm³/mol. The first-order valence-corrected chi connectivity index (χ1v) is 7.97. The average Bonchev–Trinajstić information content (AvgIpc) is 2.73. The zero-order valence-electron chi connectivity index (χ0n) is 12.8. The second-order valence-corrected chi connectivity index (χ2v) is 8.01. The molecule has 2 heterocycles. The Bertz CT molecular complexity index is 458. The van der Waals surface area contributed by atoms with E-state index in [1.807, 2.05) is 0 Å². The molecule has 2 aliphatic heterocycles. The first kappa shape index (κ1) is 13.5. The summed E-state index contributed by atoms with van der Waals surface area (Å²) in [4.78, 5) is 2.73. The van der Waals surface area contributed by atoms with Crippen molar-refractivity contribution in [2.45, 2.75) is 58.4 Å². The first-order valence-electron chi connectivity index (χ1n) is 7.97.